The van der Waals surface area contributed by atoms with Crippen LogP contribution < -0.4 is 10.6 Å². The summed E-state index contributed by atoms with van der Waals surface area (Å²) in [5.74, 6) is -0.459. The second-order valence-corrected chi connectivity index (χ2v) is 5.72. The van der Waals surface area contributed by atoms with E-state index in [0.717, 1.165) is 25.9 Å². The Morgan fingerprint density at radius 3 is 2.62 bits per heavy atom. The minimum Gasteiger partial charge on any atom is -0.462 e. The maximum atomic E-state index is 12.8. The van der Waals surface area contributed by atoms with Crippen molar-refractivity contribution in [3.05, 3.63) is 29.8 Å². The molecule has 2 rings (SSSR count). The number of halogens is 1. The molecule has 1 aliphatic heterocycles. The number of amides is 1. The quantitative estimate of drug-likeness (QED) is 0.764. The standard InChI is InChI=1S/C17H24N2O4.ClH/c1-3-23-15(20)13-5-4-6-14(11-13)19-16(21)17(12-22-2)7-9-18-10-8-17;/h4-6,11,18H,3,7-10,12H2,1-2H3,(H,19,21);1H. The summed E-state index contributed by atoms with van der Waals surface area (Å²) in [5.41, 5.74) is 0.491. The van der Waals surface area contributed by atoms with Gasteiger partial charge in [0, 0.05) is 12.8 Å². The highest BCUT2D eigenvalue weighted by molar-refractivity contribution is 5.97. The third-order valence-corrected chi connectivity index (χ3v) is 4.09. The first-order valence-electron chi connectivity index (χ1n) is 7.89. The Bertz CT molecular complexity index is 554. The molecule has 24 heavy (non-hydrogen) atoms. The Kier molecular flexibility index (Phi) is 8.18. The lowest BCUT2D eigenvalue weighted by Gasteiger charge is -2.35. The summed E-state index contributed by atoms with van der Waals surface area (Å²) in [7, 11) is 1.61. The van der Waals surface area contributed by atoms with E-state index in [2.05, 4.69) is 10.6 Å². The molecule has 1 heterocycles. The van der Waals surface area contributed by atoms with Crippen molar-refractivity contribution in [1.29, 1.82) is 0 Å². The van der Waals surface area contributed by atoms with E-state index in [0.29, 0.717) is 24.5 Å². The summed E-state index contributed by atoms with van der Waals surface area (Å²) in [6.07, 6.45) is 1.45. The van der Waals surface area contributed by atoms with Gasteiger partial charge in [-0.15, -0.1) is 12.4 Å². The third kappa shape index (κ3) is 4.93. The van der Waals surface area contributed by atoms with E-state index in [-0.39, 0.29) is 18.3 Å². The smallest absolute Gasteiger partial charge is 0.338 e. The zero-order valence-electron chi connectivity index (χ0n) is 14.1. The first-order chi connectivity index (χ1) is 11.1. The number of hydrogen-bond donors (Lipinski definition) is 2. The highest BCUT2D eigenvalue weighted by Gasteiger charge is 2.39. The number of rotatable bonds is 6. The number of piperidine rings is 1. The molecule has 0 radical (unpaired) electrons. The predicted molar refractivity (Wildman–Crippen MR) is 94.7 cm³/mol. The number of carbonyl (C=O) groups excluding carboxylic acids is 2. The van der Waals surface area contributed by atoms with E-state index in [1.807, 2.05) is 0 Å². The third-order valence-electron chi connectivity index (χ3n) is 4.09. The number of esters is 1. The van der Waals surface area contributed by atoms with Gasteiger partial charge >= 0.3 is 5.97 Å². The molecule has 2 N–H and O–H groups in total. The molecule has 1 saturated heterocycles. The molecular formula is C17H25ClN2O4. The number of carbonyl (C=O) groups is 2. The van der Waals surface area contributed by atoms with Crippen LogP contribution in [0.4, 0.5) is 5.69 Å². The minimum absolute atomic E-state index is 0. The molecule has 0 atom stereocenters. The molecule has 134 valence electrons. The van der Waals surface area contributed by atoms with Crippen molar-refractivity contribution in [3.63, 3.8) is 0 Å². The van der Waals surface area contributed by atoms with Crippen molar-refractivity contribution >= 4 is 30.0 Å². The Balaban J connectivity index is 0.00000288. The lowest BCUT2D eigenvalue weighted by Crippen LogP contribution is -2.47. The number of hydrogen-bond acceptors (Lipinski definition) is 5. The van der Waals surface area contributed by atoms with Gasteiger partial charge in [0.1, 0.15) is 0 Å². The maximum Gasteiger partial charge on any atom is 0.338 e. The summed E-state index contributed by atoms with van der Waals surface area (Å²) in [5, 5.41) is 6.18. The van der Waals surface area contributed by atoms with Gasteiger partial charge in [0.25, 0.3) is 0 Å². The van der Waals surface area contributed by atoms with Crippen LogP contribution in [0.1, 0.15) is 30.1 Å². The van der Waals surface area contributed by atoms with Crippen LogP contribution in [-0.4, -0.2) is 45.3 Å². The molecular weight excluding hydrogens is 332 g/mol. The van der Waals surface area contributed by atoms with Crippen molar-refractivity contribution in [2.24, 2.45) is 5.41 Å². The number of methoxy groups -OCH3 is 1. The summed E-state index contributed by atoms with van der Waals surface area (Å²) >= 11 is 0. The fourth-order valence-electron chi connectivity index (χ4n) is 2.82. The van der Waals surface area contributed by atoms with Crippen LogP contribution in [0.3, 0.4) is 0 Å². The van der Waals surface area contributed by atoms with Gasteiger partial charge < -0.3 is 20.1 Å². The first kappa shape index (κ1) is 20.4. The Hall–Kier alpha value is -1.63. The summed E-state index contributed by atoms with van der Waals surface area (Å²) in [6, 6.07) is 6.80. The number of anilines is 1. The van der Waals surface area contributed by atoms with Gasteiger partial charge in [-0.05, 0) is 51.1 Å². The summed E-state index contributed by atoms with van der Waals surface area (Å²) in [6.45, 7) is 4.05. The summed E-state index contributed by atoms with van der Waals surface area (Å²) < 4.78 is 10.3. The monoisotopic (exact) mass is 356 g/mol. The molecule has 7 heteroatoms. The van der Waals surface area contributed by atoms with Gasteiger partial charge in [-0.1, -0.05) is 6.07 Å². The van der Waals surface area contributed by atoms with Crippen molar-refractivity contribution in [1.82, 2.24) is 5.32 Å². The van der Waals surface area contributed by atoms with E-state index in [4.69, 9.17) is 9.47 Å². The average Bonchev–Trinajstić information content (AvgIpc) is 2.56. The van der Waals surface area contributed by atoms with Gasteiger partial charge in [-0.3, -0.25) is 4.79 Å². The molecule has 0 saturated carbocycles. The predicted octanol–water partition coefficient (Wildman–Crippen LogP) is 2.24. The number of ether oxygens (including phenoxy) is 2. The molecule has 6 nitrogen and oxygen atoms in total. The SMILES string of the molecule is CCOC(=O)c1cccc(NC(=O)C2(COC)CCNCC2)c1.Cl. The lowest BCUT2D eigenvalue weighted by molar-refractivity contribution is -0.130. The van der Waals surface area contributed by atoms with Gasteiger partial charge in [0.15, 0.2) is 0 Å². The Morgan fingerprint density at radius 2 is 2.00 bits per heavy atom. The number of nitrogens with one attached hydrogen (secondary N) is 2. The van der Waals surface area contributed by atoms with Crippen LogP contribution in [-0.2, 0) is 14.3 Å². The van der Waals surface area contributed by atoms with Gasteiger partial charge in [0.05, 0.1) is 24.2 Å². The molecule has 1 aromatic carbocycles. The van der Waals surface area contributed by atoms with Gasteiger partial charge in [-0.2, -0.15) is 0 Å². The van der Waals surface area contributed by atoms with Crippen LogP contribution in [0.25, 0.3) is 0 Å². The van der Waals surface area contributed by atoms with E-state index >= 15 is 0 Å². The van der Waals surface area contributed by atoms with Gasteiger partial charge in [-0.25, -0.2) is 4.79 Å². The van der Waals surface area contributed by atoms with Crippen molar-refractivity contribution in [2.75, 3.05) is 38.7 Å². The molecule has 1 aromatic rings. The van der Waals surface area contributed by atoms with Crippen LogP contribution in [0.2, 0.25) is 0 Å². The zero-order valence-corrected chi connectivity index (χ0v) is 14.9. The molecule has 1 amide bonds. The minimum atomic E-state index is -0.528. The highest BCUT2D eigenvalue weighted by atomic mass is 35.5. The van der Waals surface area contributed by atoms with E-state index in [9.17, 15) is 9.59 Å². The van der Waals surface area contributed by atoms with Gasteiger partial charge in [0.2, 0.25) is 5.91 Å². The average molecular weight is 357 g/mol. The van der Waals surface area contributed by atoms with Crippen molar-refractivity contribution in [2.45, 2.75) is 19.8 Å². The van der Waals surface area contributed by atoms with Crippen LogP contribution >= 0.6 is 12.4 Å². The fourth-order valence-corrected chi connectivity index (χ4v) is 2.82. The topological polar surface area (TPSA) is 76.7 Å². The molecule has 0 bridgehead atoms. The molecule has 0 unspecified atom stereocenters. The van der Waals surface area contributed by atoms with Crippen LogP contribution in [0.15, 0.2) is 24.3 Å². The maximum absolute atomic E-state index is 12.8. The second kappa shape index (κ2) is 9.61. The summed E-state index contributed by atoms with van der Waals surface area (Å²) in [4.78, 5) is 24.5. The van der Waals surface area contributed by atoms with E-state index in [1.54, 1.807) is 38.3 Å². The second-order valence-electron chi connectivity index (χ2n) is 5.72. The molecule has 0 aliphatic carbocycles. The molecule has 0 spiro atoms. The zero-order chi connectivity index (χ0) is 16.7. The Morgan fingerprint density at radius 1 is 1.29 bits per heavy atom. The fraction of sp³-hybridized carbons (Fsp3) is 0.529. The number of benzene rings is 1. The Labute approximate surface area is 148 Å². The van der Waals surface area contributed by atoms with E-state index < -0.39 is 11.4 Å². The van der Waals surface area contributed by atoms with Crippen molar-refractivity contribution in [3.8, 4) is 0 Å². The molecule has 0 aromatic heterocycles. The van der Waals surface area contributed by atoms with E-state index in [1.165, 1.54) is 0 Å². The van der Waals surface area contributed by atoms with Crippen LogP contribution in [0.5, 0.6) is 0 Å². The largest absolute Gasteiger partial charge is 0.462 e. The first-order valence-corrected chi connectivity index (χ1v) is 7.89. The highest BCUT2D eigenvalue weighted by Crippen LogP contribution is 2.31. The molecule has 1 aliphatic rings. The normalized spacial score (nSPS) is 15.9. The van der Waals surface area contributed by atoms with Crippen molar-refractivity contribution < 1.29 is 19.1 Å². The lowest BCUT2D eigenvalue weighted by atomic mass is 9.78. The van der Waals surface area contributed by atoms with Crippen LogP contribution in [0, 0.1) is 5.41 Å². The molecule has 1 fully saturated rings.